The molecule has 4 amide bonds. The SMILES string of the molecule is CC.CC[C@H](C)N(Cc1ncc(-c2ccc(-c3ccc(-c4cnc(CN(C(=O)[C@@H](NC(=O)OC)C5C[C@@H](C)O[C@@H](C)C5)[C@@H](C)CC)[nH]4)c4c3CC4)cc2)[nH]1)C(=O)[C@@H](NC(=O)OC)C1C[C@@H](C)O[C@@H](C)C1. The van der Waals surface area contributed by atoms with Gasteiger partial charge >= 0.3 is 12.2 Å². The zero-order chi connectivity index (χ0) is 50.8. The fourth-order valence-electron chi connectivity index (χ4n) is 10.5. The normalized spacial score (nSPS) is 22.3. The van der Waals surface area contributed by atoms with Crippen molar-refractivity contribution in [2.75, 3.05) is 14.2 Å². The third-order valence-electron chi connectivity index (χ3n) is 14.4. The largest absolute Gasteiger partial charge is 0.453 e. The van der Waals surface area contributed by atoms with Gasteiger partial charge in [-0.3, -0.25) is 9.59 Å². The first kappa shape index (κ1) is 53.6. The van der Waals surface area contributed by atoms with Crippen LogP contribution in [-0.4, -0.2) is 117 Å². The molecule has 3 aliphatic rings. The monoisotopic (exact) mass is 967 g/mol. The van der Waals surface area contributed by atoms with Gasteiger partial charge in [0.1, 0.15) is 23.7 Å². The summed E-state index contributed by atoms with van der Waals surface area (Å²) in [6, 6.07) is 11.1. The lowest BCUT2D eigenvalue weighted by Crippen LogP contribution is -2.56. The molecule has 0 saturated carbocycles. The molecule has 2 aromatic heterocycles. The van der Waals surface area contributed by atoms with E-state index in [-0.39, 0.29) is 73.2 Å². The van der Waals surface area contributed by atoms with Crippen LogP contribution in [0, 0.1) is 11.8 Å². The molecule has 2 aliphatic heterocycles. The van der Waals surface area contributed by atoms with Gasteiger partial charge in [0, 0.05) is 17.6 Å². The Labute approximate surface area is 414 Å². The van der Waals surface area contributed by atoms with E-state index < -0.39 is 24.3 Å². The molecule has 4 N–H and O–H groups in total. The summed E-state index contributed by atoms with van der Waals surface area (Å²) in [6.45, 7) is 20.7. The lowest BCUT2D eigenvalue weighted by atomic mass is 9.79. The minimum Gasteiger partial charge on any atom is -0.453 e. The number of aromatic nitrogens is 4. The number of H-pyrrole nitrogens is 2. The summed E-state index contributed by atoms with van der Waals surface area (Å²) in [5.41, 5.74) is 8.70. The highest BCUT2D eigenvalue weighted by atomic mass is 16.5. The Morgan fingerprint density at radius 2 is 1.01 bits per heavy atom. The number of nitrogens with zero attached hydrogens (tertiary/aromatic N) is 4. The summed E-state index contributed by atoms with van der Waals surface area (Å²) in [4.78, 5) is 74.0. The van der Waals surface area contributed by atoms with E-state index >= 15 is 0 Å². The van der Waals surface area contributed by atoms with Gasteiger partial charge < -0.3 is 49.3 Å². The second kappa shape index (κ2) is 24.4. The molecule has 2 fully saturated rings. The van der Waals surface area contributed by atoms with Crippen molar-refractivity contribution < 1.29 is 38.1 Å². The molecule has 0 radical (unpaired) electrons. The van der Waals surface area contributed by atoms with Crippen molar-refractivity contribution in [1.29, 1.82) is 0 Å². The number of carbonyl (C=O) groups excluding carboxylic acids is 4. The number of carbonyl (C=O) groups is 4. The van der Waals surface area contributed by atoms with Crippen molar-refractivity contribution in [2.24, 2.45) is 11.8 Å². The Bertz CT molecular complexity index is 2360. The summed E-state index contributed by atoms with van der Waals surface area (Å²) >= 11 is 0. The van der Waals surface area contributed by atoms with Gasteiger partial charge in [0.2, 0.25) is 11.8 Å². The van der Waals surface area contributed by atoms with Crippen molar-refractivity contribution >= 4 is 24.0 Å². The Hall–Kier alpha value is -5.74. The van der Waals surface area contributed by atoms with Crippen molar-refractivity contribution in [3.8, 4) is 33.6 Å². The van der Waals surface area contributed by atoms with E-state index in [0.29, 0.717) is 37.3 Å². The van der Waals surface area contributed by atoms with Crippen LogP contribution < -0.4 is 10.6 Å². The number of ether oxygens (including phenoxy) is 4. The van der Waals surface area contributed by atoms with Gasteiger partial charge in [0.25, 0.3) is 0 Å². The lowest BCUT2D eigenvalue weighted by molar-refractivity contribution is -0.141. The number of methoxy groups -OCH3 is 2. The summed E-state index contributed by atoms with van der Waals surface area (Å²) < 4.78 is 21.8. The molecule has 16 nitrogen and oxygen atoms in total. The molecule has 2 unspecified atom stereocenters. The van der Waals surface area contributed by atoms with Gasteiger partial charge in [0.15, 0.2) is 0 Å². The number of aromatic amines is 2. The van der Waals surface area contributed by atoms with E-state index in [2.05, 4.69) is 63.9 Å². The number of amides is 4. The number of alkyl carbamates (subject to hydrolysis) is 2. The van der Waals surface area contributed by atoms with Crippen molar-refractivity contribution in [2.45, 2.75) is 182 Å². The number of benzene rings is 2. The summed E-state index contributed by atoms with van der Waals surface area (Å²) in [6.07, 6.45) is 8.26. The van der Waals surface area contributed by atoms with E-state index in [0.717, 1.165) is 53.8 Å². The molecule has 382 valence electrons. The number of rotatable bonds is 17. The molecule has 4 aromatic rings. The molecule has 1 aliphatic carbocycles. The predicted molar refractivity (Wildman–Crippen MR) is 271 cm³/mol. The number of fused-ring (bicyclic) bond motifs is 1. The minimum absolute atomic E-state index is 0.0317. The lowest BCUT2D eigenvalue weighted by Gasteiger charge is -2.39. The average Bonchev–Trinajstić information content (AvgIpc) is 4.02. The predicted octanol–water partition coefficient (Wildman–Crippen LogP) is 9.37. The fourth-order valence-corrected chi connectivity index (χ4v) is 10.5. The smallest absolute Gasteiger partial charge is 0.407 e. The quantitative estimate of drug-likeness (QED) is 0.0793. The summed E-state index contributed by atoms with van der Waals surface area (Å²) in [7, 11) is 2.62. The molecular formula is C54H78N8O8. The number of imidazole rings is 2. The maximum absolute atomic E-state index is 14.4. The maximum atomic E-state index is 14.4. The Kier molecular flexibility index (Phi) is 18.7. The molecule has 4 heterocycles. The Morgan fingerprint density at radius 3 is 1.43 bits per heavy atom. The van der Waals surface area contributed by atoms with Crippen LogP contribution in [0.4, 0.5) is 9.59 Å². The first-order chi connectivity index (χ1) is 33.6. The van der Waals surface area contributed by atoms with E-state index in [1.54, 1.807) is 6.20 Å². The third-order valence-corrected chi connectivity index (χ3v) is 14.4. The second-order valence-electron chi connectivity index (χ2n) is 19.3. The molecule has 70 heavy (non-hydrogen) atoms. The topological polar surface area (TPSA) is 193 Å². The molecular weight excluding hydrogens is 889 g/mol. The first-order valence-corrected chi connectivity index (χ1v) is 25.5. The van der Waals surface area contributed by atoms with E-state index in [4.69, 9.17) is 28.9 Å². The molecule has 7 rings (SSSR count). The Morgan fingerprint density at radius 1 is 0.629 bits per heavy atom. The zero-order valence-electron chi connectivity index (χ0n) is 43.5. The summed E-state index contributed by atoms with van der Waals surface area (Å²) in [5, 5.41) is 5.73. The average molecular weight is 967 g/mol. The van der Waals surface area contributed by atoms with Crippen LogP contribution in [0.2, 0.25) is 0 Å². The Balaban J connectivity index is 0.00000397. The number of nitrogens with one attached hydrogen (secondary N) is 4. The number of hydrogen-bond donors (Lipinski definition) is 4. The van der Waals surface area contributed by atoms with Crippen LogP contribution in [0.15, 0.2) is 48.8 Å². The maximum Gasteiger partial charge on any atom is 0.407 e. The highest BCUT2D eigenvalue weighted by molar-refractivity contribution is 5.87. The molecule has 10 atom stereocenters. The van der Waals surface area contributed by atoms with Crippen LogP contribution in [0.5, 0.6) is 0 Å². The van der Waals surface area contributed by atoms with Crippen molar-refractivity contribution in [3.05, 3.63) is 71.6 Å². The van der Waals surface area contributed by atoms with Crippen LogP contribution in [0.3, 0.4) is 0 Å². The standard InChI is InChI=1S/C52H72N8O8.C2H6/c1-11-29(3)59(49(61)47(57-51(63)65-9)37-21-31(5)67-32(6)22-37)27-45-53-25-43(55-45)36-15-13-35(14-16-36)39-17-20-42(41-19-18-40(39)41)44-26-54-46(56-44)28-60(30(4)12-2)50(62)48(58-52(64)66-10)38-23-33(7)68-34(8)24-38;1-2/h13-17,20,25-26,29-34,37-38,47-48H,11-12,18-19,21-24,27-28H2,1-10H3,(H,53,55)(H,54,56)(H,57,63)(H,58,64);1-2H3/t29-,30-,31-,32+,33-,34+,37?,38?,47-,48-;/m0./s1. The first-order valence-electron chi connectivity index (χ1n) is 25.5. The van der Waals surface area contributed by atoms with Gasteiger partial charge in [-0.15, -0.1) is 0 Å². The highest BCUT2D eigenvalue weighted by Gasteiger charge is 2.41. The van der Waals surface area contributed by atoms with E-state index in [9.17, 15) is 19.2 Å². The highest BCUT2D eigenvalue weighted by Crippen LogP contribution is 2.40. The molecule has 2 aromatic carbocycles. The number of hydrogen-bond acceptors (Lipinski definition) is 10. The second-order valence-corrected chi connectivity index (χ2v) is 19.3. The van der Waals surface area contributed by atoms with Gasteiger partial charge in [-0.05, 0) is 133 Å². The summed E-state index contributed by atoms with van der Waals surface area (Å²) in [5.74, 6) is 0.802. The van der Waals surface area contributed by atoms with Crippen LogP contribution in [-0.2, 0) is 54.5 Å². The van der Waals surface area contributed by atoms with Crippen LogP contribution in [0.1, 0.15) is 131 Å². The van der Waals surface area contributed by atoms with Gasteiger partial charge in [0.05, 0.1) is 75.5 Å². The van der Waals surface area contributed by atoms with Crippen molar-refractivity contribution in [3.63, 3.8) is 0 Å². The van der Waals surface area contributed by atoms with Gasteiger partial charge in [-0.25, -0.2) is 19.6 Å². The van der Waals surface area contributed by atoms with Gasteiger partial charge in [-0.1, -0.05) is 64.1 Å². The van der Waals surface area contributed by atoms with Crippen LogP contribution in [0.25, 0.3) is 33.6 Å². The van der Waals surface area contributed by atoms with Crippen molar-refractivity contribution in [1.82, 2.24) is 40.4 Å². The van der Waals surface area contributed by atoms with E-state index in [1.807, 2.05) is 78.3 Å². The molecule has 2 saturated heterocycles. The van der Waals surface area contributed by atoms with E-state index in [1.165, 1.54) is 30.9 Å². The molecule has 0 bridgehead atoms. The minimum atomic E-state index is -0.758. The van der Waals surface area contributed by atoms with Gasteiger partial charge in [-0.2, -0.15) is 0 Å². The molecule has 0 spiro atoms. The molecule has 16 heteroatoms. The fraction of sp³-hybridized carbons (Fsp3) is 0.593. The third kappa shape index (κ3) is 12.6. The zero-order valence-corrected chi connectivity index (χ0v) is 43.5. The van der Waals surface area contributed by atoms with Crippen LogP contribution >= 0.6 is 0 Å².